The van der Waals surface area contributed by atoms with Gasteiger partial charge < -0.3 is 14.6 Å². The van der Waals surface area contributed by atoms with E-state index in [4.69, 9.17) is 14.6 Å². The predicted octanol–water partition coefficient (Wildman–Crippen LogP) is 5.62. The summed E-state index contributed by atoms with van der Waals surface area (Å²) in [5, 5.41) is 10.4. The van der Waals surface area contributed by atoms with Gasteiger partial charge in [-0.25, -0.2) is 8.42 Å². The molecule has 0 aliphatic heterocycles. The van der Waals surface area contributed by atoms with E-state index in [0.717, 1.165) is 11.8 Å². The molecule has 0 bridgehead atoms. The number of ether oxygens (including phenoxy) is 2. The van der Waals surface area contributed by atoms with E-state index in [1.54, 1.807) is 54.6 Å². The molecule has 0 aromatic heterocycles. The van der Waals surface area contributed by atoms with Crippen molar-refractivity contribution in [1.29, 1.82) is 0 Å². The lowest BCUT2D eigenvalue weighted by Gasteiger charge is -2.16. The largest absolute Gasteiger partial charge is 0.495 e. The summed E-state index contributed by atoms with van der Waals surface area (Å²) in [7, 11) is -2.44. The van der Waals surface area contributed by atoms with Crippen LogP contribution in [0.1, 0.15) is 0 Å². The topological polar surface area (TPSA) is 102 Å². The first-order valence-corrected chi connectivity index (χ1v) is 12.6. The molecule has 4 rings (SSSR count). The van der Waals surface area contributed by atoms with E-state index < -0.39 is 16.0 Å². The Bertz CT molecular complexity index is 1420. The number of methoxy groups -OCH3 is 1. The number of fused-ring (bicyclic) bond motifs is 1. The van der Waals surface area contributed by atoms with Crippen molar-refractivity contribution in [3.8, 4) is 17.2 Å². The molecule has 0 unspecified atom stereocenters. The monoisotopic (exact) mass is 495 g/mol. The van der Waals surface area contributed by atoms with Gasteiger partial charge in [0.15, 0.2) is 0 Å². The zero-order chi connectivity index (χ0) is 24.1. The first-order chi connectivity index (χ1) is 16.4. The maximum absolute atomic E-state index is 13.2. The summed E-state index contributed by atoms with van der Waals surface area (Å²) < 4.78 is 40.2. The van der Waals surface area contributed by atoms with Gasteiger partial charge in [-0.15, -0.1) is 11.8 Å². The Kier molecular flexibility index (Phi) is 6.95. The number of nitrogens with one attached hydrogen (secondary N) is 1. The van der Waals surface area contributed by atoms with E-state index in [1.807, 2.05) is 18.2 Å². The van der Waals surface area contributed by atoms with E-state index >= 15 is 0 Å². The van der Waals surface area contributed by atoms with Crippen LogP contribution in [0.5, 0.6) is 17.2 Å². The van der Waals surface area contributed by atoms with Gasteiger partial charge in [0.05, 0.1) is 28.3 Å². The Balaban J connectivity index is 1.66. The summed E-state index contributed by atoms with van der Waals surface area (Å²) in [5.74, 6) is 0.469. The number of rotatable bonds is 9. The molecule has 0 amide bonds. The molecule has 0 saturated heterocycles. The lowest BCUT2D eigenvalue weighted by atomic mass is 10.1. The molecule has 34 heavy (non-hydrogen) atoms. The molecular formula is C25H21NO6S2. The molecular weight excluding hydrogens is 474 g/mol. The quantitative estimate of drug-likeness (QED) is 0.291. The molecule has 4 aromatic rings. The van der Waals surface area contributed by atoms with E-state index in [2.05, 4.69) is 4.72 Å². The van der Waals surface area contributed by atoms with Crippen molar-refractivity contribution in [1.82, 2.24) is 0 Å². The third-order valence-electron chi connectivity index (χ3n) is 4.87. The molecule has 0 aliphatic rings. The van der Waals surface area contributed by atoms with Gasteiger partial charge in [-0.1, -0.05) is 42.5 Å². The molecule has 9 heteroatoms. The number of hydrogen-bond donors (Lipinski definition) is 2. The Morgan fingerprint density at radius 2 is 1.53 bits per heavy atom. The van der Waals surface area contributed by atoms with Gasteiger partial charge in [-0.05, 0) is 42.5 Å². The second kappa shape index (κ2) is 10.1. The molecule has 0 fully saturated rings. The van der Waals surface area contributed by atoms with Crippen molar-refractivity contribution in [3.63, 3.8) is 0 Å². The van der Waals surface area contributed by atoms with E-state index in [-0.39, 0.29) is 10.6 Å². The van der Waals surface area contributed by atoms with Crippen LogP contribution in [0.15, 0.2) is 94.7 Å². The van der Waals surface area contributed by atoms with Crippen LogP contribution in [0, 0.1) is 0 Å². The second-order valence-electron chi connectivity index (χ2n) is 7.18. The average molecular weight is 496 g/mol. The van der Waals surface area contributed by atoms with Crippen LogP contribution < -0.4 is 14.2 Å². The molecule has 4 aromatic carbocycles. The molecule has 7 nitrogen and oxygen atoms in total. The first-order valence-electron chi connectivity index (χ1n) is 10.2. The molecule has 0 heterocycles. The number of carbonyl (C=O) groups is 1. The predicted molar refractivity (Wildman–Crippen MR) is 133 cm³/mol. The van der Waals surface area contributed by atoms with Crippen LogP contribution in [-0.4, -0.2) is 32.4 Å². The maximum Gasteiger partial charge on any atom is 0.313 e. The SMILES string of the molecule is COc1c(SCC(=O)O)cc(NS(=O)(=O)c2ccc(Oc3ccccc3)cc2)c2ccccc12. The zero-order valence-corrected chi connectivity index (χ0v) is 19.7. The molecule has 0 saturated carbocycles. The van der Waals surface area contributed by atoms with Crippen molar-refractivity contribution in [3.05, 3.63) is 84.9 Å². The van der Waals surface area contributed by atoms with Crippen molar-refractivity contribution >= 4 is 44.2 Å². The number of thioether (sulfide) groups is 1. The smallest absolute Gasteiger partial charge is 0.313 e. The number of hydrogen-bond acceptors (Lipinski definition) is 6. The van der Waals surface area contributed by atoms with Gasteiger partial charge in [0.1, 0.15) is 17.2 Å². The molecule has 0 spiro atoms. The van der Waals surface area contributed by atoms with Crippen LogP contribution in [0.25, 0.3) is 10.8 Å². The lowest BCUT2D eigenvalue weighted by molar-refractivity contribution is -0.133. The Hall–Kier alpha value is -3.69. The number of aliphatic carboxylic acids is 1. The highest BCUT2D eigenvalue weighted by molar-refractivity contribution is 8.00. The number of carboxylic acid groups (broad SMARTS) is 1. The van der Waals surface area contributed by atoms with Crippen LogP contribution in [0.3, 0.4) is 0 Å². The van der Waals surface area contributed by atoms with Crippen molar-refractivity contribution in [2.45, 2.75) is 9.79 Å². The maximum atomic E-state index is 13.2. The Labute approximate surface area is 201 Å². The summed E-state index contributed by atoms with van der Waals surface area (Å²) >= 11 is 1.06. The molecule has 174 valence electrons. The van der Waals surface area contributed by atoms with Crippen molar-refractivity contribution in [2.24, 2.45) is 0 Å². The molecule has 0 atom stereocenters. The summed E-state index contributed by atoms with van der Waals surface area (Å²) in [6, 6.07) is 24.1. The average Bonchev–Trinajstić information content (AvgIpc) is 2.83. The first kappa shape index (κ1) is 23.5. The third kappa shape index (κ3) is 5.27. The number of carboxylic acids is 1. The van der Waals surface area contributed by atoms with Gasteiger partial charge in [-0.3, -0.25) is 9.52 Å². The van der Waals surface area contributed by atoms with Gasteiger partial charge in [0, 0.05) is 10.8 Å². The highest BCUT2D eigenvalue weighted by Gasteiger charge is 2.20. The van der Waals surface area contributed by atoms with Crippen molar-refractivity contribution < 1.29 is 27.8 Å². The standard InChI is InChI=1S/C25H21NO6S2/c1-31-25-21-10-6-5-9-20(21)22(15-23(25)33-16-24(27)28)26-34(29,30)19-13-11-18(12-14-19)32-17-7-3-2-4-8-17/h2-15,26H,16H2,1H3,(H,27,28). The van der Waals surface area contributed by atoms with Crippen LogP contribution in [0.2, 0.25) is 0 Å². The minimum atomic E-state index is -3.93. The summed E-state index contributed by atoms with van der Waals surface area (Å²) in [6.45, 7) is 0. The number of benzene rings is 4. The van der Waals surface area contributed by atoms with E-state index in [0.29, 0.717) is 38.6 Å². The fourth-order valence-corrected chi connectivity index (χ4v) is 5.26. The van der Waals surface area contributed by atoms with Crippen LogP contribution >= 0.6 is 11.8 Å². The summed E-state index contributed by atoms with van der Waals surface area (Å²) in [4.78, 5) is 11.7. The summed E-state index contributed by atoms with van der Waals surface area (Å²) in [6.07, 6.45) is 0. The molecule has 2 N–H and O–H groups in total. The molecule has 0 aliphatic carbocycles. The molecule has 0 radical (unpaired) electrons. The summed E-state index contributed by atoms with van der Waals surface area (Å²) in [5.41, 5.74) is 0.328. The fraction of sp³-hybridized carbons (Fsp3) is 0.0800. The Morgan fingerprint density at radius 3 is 2.18 bits per heavy atom. The van der Waals surface area contributed by atoms with Crippen LogP contribution in [0.4, 0.5) is 5.69 Å². The van der Waals surface area contributed by atoms with Gasteiger partial charge in [0.25, 0.3) is 10.0 Å². The van der Waals surface area contributed by atoms with Gasteiger partial charge >= 0.3 is 5.97 Å². The lowest BCUT2D eigenvalue weighted by Crippen LogP contribution is -2.13. The normalized spacial score (nSPS) is 11.2. The van der Waals surface area contributed by atoms with Gasteiger partial charge in [-0.2, -0.15) is 0 Å². The number of anilines is 1. The van der Waals surface area contributed by atoms with Crippen LogP contribution in [-0.2, 0) is 14.8 Å². The number of para-hydroxylation sites is 1. The zero-order valence-electron chi connectivity index (χ0n) is 18.1. The minimum Gasteiger partial charge on any atom is -0.495 e. The van der Waals surface area contributed by atoms with E-state index in [9.17, 15) is 13.2 Å². The van der Waals surface area contributed by atoms with Gasteiger partial charge in [0.2, 0.25) is 0 Å². The number of sulfonamides is 1. The van der Waals surface area contributed by atoms with Crippen molar-refractivity contribution in [2.75, 3.05) is 17.6 Å². The fourth-order valence-electron chi connectivity index (χ4n) is 3.38. The highest BCUT2D eigenvalue weighted by Crippen LogP contribution is 2.41. The minimum absolute atomic E-state index is 0.0625. The highest BCUT2D eigenvalue weighted by atomic mass is 32.2. The third-order valence-corrected chi connectivity index (χ3v) is 7.26. The Morgan fingerprint density at radius 1 is 0.912 bits per heavy atom. The van der Waals surface area contributed by atoms with E-state index in [1.165, 1.54) is 19.2 Å². The second-order valence-corrected chi connectivity index (χ2v) is 9.88.